The monoisotopic (exact) mass is 190 g/mol. The van der Waals surface area contributed by atoms with E-state index >= 15 is 0 Å². The molecular weight excluding hydrogens is 168 g/mol. The van der Waals surface area contributed by atoms with Gasteiger partial charge in [-0.1, -0.05) is 6.92 Å². The molecule has 0 rings (SSSR count). The summed E-state index contributed by atoms with van der Waals surface area (Å²) >= 11 is 2.03. The predicted molar refractivity (Wildman–Crippen MR) is 59.0 cm³/mol. The zero-order chi connectivity index (χ0) is 9.56. The van der Waals surface area contributed by atoms with Gasteiger partial charge in [-0.05, 0) is 28.1 Å². The summed E-state index contributed by atoms with van der Waals surface area (Å²) in [5, 5.41) is 3.97. The van der Waals surface area contributed by atoms with E-state index < -0.39 is 0 Å². The highest BCUT2D eigenvalue weighted by molar-refractivity contribution is 7.99. The third-order valence-corrected chi connectivity index (χ3v) is 3.43. The molecule has 2 unspecified atom stereocenters. The van der Waals surface area contributed by atoms with Gasteiger partial charge < -0.3 is 10.2 Å². The van der Waals surface area contributed by atoms with Crippen LogP contribution in [0.25, 0.3) is 0 Å². The highest BCUT2D eigenvalue weighted by Gasteiger charge is 2.09. The third-order valence-electron chi connectivity index (χ3n) is 2.08. The van der Waals surface area contributed by atoms with Crippen LogP contribution >= 0.6 is 11.8 Å². The lowest BCUT2D eigenvalue weighted by Gasteiger charge is -2.19. The summed E-state index contributed by atoms with van der Waals surface area (Å²) < 4.78 is 0. The number of rotatable bonds is 6. The van der Waals surface area contributed by atoms with Crippen molar-refractivity contribution in [3.8, 4) is 0 Å². The molecule has 0 amide bonds. The zero-order valence-electron chi connectivity index (χ0n) is 8.92. The fourth-order valence-corrected chi connectivity index (χ4v) is 2.07. The van der Waals surface area contributed by atoms with Crippen LogP contribution in [-0.2, 0) is 0 Å². The summed E-state index contributed by atoms with van der Waals surface area (Å²) in [6.07, 6.45) is 0. The second-order valence-electron chi connectivity index (χ2n) is 3.46. The molecule has 0 saturated carbocycles. The minimum atomic E-state index is 0.608. The highest BCUT2D eigenvalue weighted by Crippen LogP contribution is 2.13. The van der Waals surface area contributed by atoms with Crippen molar-refractivity contribution in [1.29, 1.82) is 0 Å². The predicted octanol–water partition coefficient (Wildman–Crippen LogP) is 1.28. The van der Waals surface area contributed by atoms with Gasteiger partial charge in [0.2, 0.25) is 0 Å². The first-order valence-corrected chi connectivity index (χ1v) is 5.56. The second kappa shape index (κ2) is 6.75. The number of nitrogens with zero attached hydrogens (tertiary/aromatic N) is 1. The first kappa shape index (κ1) is 12.3. The summed E-state index contributed by atoms with van der Waals surface area (Å²) in [5.41, 5.74) is 0. The fraction of sp³-hybridized carbons (Fsp3) is 1.00. The lowest BCUT2D eigenvalue weighted by Crippen LogP contribution is -2.31. The van der Waals surface area contributed by atoms with Crippen LogP contribution in [-0.4, -0.2) is 49.6 Å². The molecule has 3 heteroatoms. The van der Waals surface area contributed by atoms with E-state index in [1.54, 1.807) is 0 Å². The molecule has 0 bridgehead atoms. The quantitative estimate of drug-likeness (QED) is 0.679. The van der Waals surface area contributed by atoms with Crippen LogP contribution in [0.15, 0.2) is 0 Å². The second-order valence-corrected chi connectivity index (χ2v) is 4.94. The maximum Gasteiger partial charge on any atom is 0.0170 e. The Bertz CT molecular complexity index is 107. The summed E-state index contributed by atoms with van der Waals surface area (Å²) in [6.45, 7) is 5.68. The van der Waals surface area contributed by atoms with E-state index in [0.29, 0.717) is 11.3 Å². The molecule has 2 nitrogen and oxygen atoms in total. The normalized spacial score (nSPS) is 16.5. The number of thioether (sulfide) groups is 1. The Morgan fingerprint density at radius 1 is 1.33 bits per heavy atom. The molecule has 0 radical (unpaired) electrons. The molecular formula is C9H22N2S. The van der Waals surface area contributed by atoms with Crippen LogP contribution in [0.1, 0.15) is 13.8 Å². The van der Waals surface area contributed by atoms with Gasteiger partial charge in [0.25, 0.3) is 0 Å². The van der Waals surface area contributed by atoms with Crippen molar-refractivity contribution in [3.63, 3.8) is 0 Å². The van der Waals surface area contributed by atoms with Gasteiger partial charge in [-0.15, -0.1) is 0 Å². The van der Waals surface area contributed by atoms with E-state index in [4.69, 9.17) is 0 Å². The maximum atomic E-state index is 3.27. The molecule has 2 atom stereocenters. The molecule has 0 fully saturated rings. The van der Waals surface area contributed by atoms with Gasteiger partial charge in [-0.2, -0.15) is 11.8 Å². The topological polar surface area (TPSA) is 15.3 Å². The van der Waals surface area contributed by atoms with Crippen LogP contribution in [0.3, 0.4) is 0 Å². The van der Waals surface area contributed by atoms with Gasteiger partial charge in [0.1, 0.15) is 0 Å². The molecule has 0 spiro atoms. The van der Waals surface area contributed by atoms with Crippen molar-refractivity contribution in [1.82, 2.24) is 10.2 Å². The molecule has 0 aromatic rings. The molecule has 0 aliphatic heterocycles. The van der Waals surface area contributed by atoms with Crippen molar-refractivity contribution in [2.45, 2.75) is 25.1 Å². The van der Waals surface area contributed by atoms with Crippen LogP contribution in [0.2, 0.25) is 0 Å². The number of nitrogens with one attached hydrogen (secondary N) is 1. The Morgan fingerprint density at radius 3 is 2.33 bits per heavy atom. The summed E-state index contributed by atoms with van der Waals surface area (Å²) in [7, 11) is 6.26. The van der Waals surface area contributed by atoms with E-state index in [0.717, 1.165) is 0 Å². The van der Waals surface area contributed by atoms with Gasteiger partial charge in [-0.25, -0.2) is 0 Å². The SMILES string of the molecule is CNC(C)C(C)SCCN(C)C. The number of hydrogen-bond acceptors (Lipinski definition) is 3. The first-order chi connectivity index (χ1) is 5.57. The van der Waals surface area contributed by atoms with E-state index in [1.807, 2.05) is 18.8 Å². The molecule has 12 heavy (non-hydrogen) atoms. The van der Waals surface area contributed by atoms with Crippen LogP contribution in [0.4, 0.5) is 0 Å². The van der Waals surface area contributed by atoms with Crippen LogP contribution in [0, 0.1) is 0 Å². The molecule has 0 aromatic carbocycles. The smallest absolute Gasteiger partial charge is 0.0170 e. The minimum Gasteiger partial charge on any atom is -0.316 e. The Balaban J connectivity index is 3.37. The van der Waals surface area contributed by atoms with E-state index in [2.05, 4.69) is 38.2 Å². The highest BCUT2D eigenvalue weighted by atomic mass is 32.2. The molecule has 0 saturated heterocycles. The molecule has 0 heterocycles. The van der Waals surface area contributed by atoms with Gasteiger partial charge in [0, 0.05) is 23.6 Å². The summed E-state index contributed by atoms with van der Waals surface area (Å²) in [5.74, 6) is 1.22. The average Bonchev–Trinajstić information content (AvgIpc) is 2.02. The lowest BCUT2D eigenvalue weighted by atomic mass is 10.3. The molecule has 74 valence electrons. The van der Waals surface area contributed by atoms with Crippen LogP contribution < -0.4 is 5.32 Å². The molecule has 1 N–H and O–H groups in total. The Kier molecular flexibility index (Phi) is 6.90. The summed E-state index contributed by atoms with van der Waals surface area (Å²) in [6, 6.07) is 0.608. The maximum absolute atomic E-state index is 3.27. The van der Waals surface area contributed by atoms with Gasteiger partial charge >= 0.3 is 0 Å². The lowest BCUT2D eigenvalue weighted by molar-refractivity contribution is 0.437. The van der Waals surface area contributed by atoms with Crippen molar-refractivity contribution < 1.29 is 0 Å². The minimum absolute atomic E-state index is 0.608. The number of hydrogen-bond donors (Lipinski definition) is 1. The van der Waals surface area contributed by atoms with Crippen molar-refractivity contribution in [2.75, 3.05) is 33.4 Å². The van der Waals surface area contributed by atoms with Crippen LogP contribution in [0.5, 0.6) is 0 Å². The standard InChI is InChI=1S/C9H22N2S/c1-8(10-3)9(2)12-7-6-11(4)5/h8-10H,6-7H2,1-5H3. The molecule has 0 aromatic heterocycles. The third kappa shape index (κ3) is 5.86. The molecule has 0 aliphatic carbocycles. The van der Waals surface area contributed by atoms with E-state index in [-0.39, 0.29) is 0 Å². The van der Waals surface area contributed by atoms with E-state index in [1.165, 1.54) is 12.3 Å². The van der Waals surface area contributed by atoms with Crippen molar-refractivity contribution in [3.05, 3.63) is 0 Å². The first-order valence-electron chi connectivity index (χ1n) is 4.51. The average molecular weight is 190 g/mol. The van der Waals surface area contributed by atoms with E-state index in [9.17, 15) is 0 Å². The van der Waals surface area contributed by atoms with Gasteiger partial charge in [0.15, 0.2) is 0 Å². The van der Waals surface area contributed by atoms with Gasteiger partial charge in [0.05, 0.1) is 0 Å². The van der Waals surface area contributed by atoms with Crippen molar-refractivity contribution >= 4 is 11.8 Å². The zero-order valence-corrected chi connectivity index (χ0v) is 9.74. The Labute approximate surface area is 81.1 Å². The summed E-state index contributed by atoms with van der Waals surface area (Å²) in [4.78, 5) is 2.23. The van der Waals surface area contributed by atoms with Gasteiger partial charge in [-0.3, -0.25) is 0 Å². The largest absolute Gasteiger partial charge is 0.316 e. The molecule has 0 aliphatic rings. The Hall–Kier alpha value is 0.270. The van der Waals surface area contributed by atoms with Crippen molar-refractivity contribution in [2.24, 2.45) is 0 Å². The Morgan fingerprint density at radius 2 is 1.92 bits per heavy atom. The fourth-order valence-electron chi connectivity index (χ4n) is 0.800.